The zero-order valence-corrected chi connectivity index (χ0v) is 19.4. The van der Waals surface area contributed by atoms with Crippen LogP contribution in [-0.4, -0.2) is 11.9 Å². The fraction of sp³-hybridized carbons (Fsp3) is 0.0769. The van der Waals surface area contributed by atoms with E-state index in [0.29, 0.717) is 11.3 Å². The number of nitrogens with one attached hydrogen (secondary N) is 1. The summed E-state index contributed by atoms with van der Waals surface area (Å²) in [6, 6.07) is 23.6. The maximum Gasteiger partial charge on any atom is 0.450 e. The first-order valence-corrected chi connectivity index (χ1v) is 11.0. The minimum Gasteiger partial charge on any atom is -0.489 e. The van der Waals surface area contributed by atoms with Crippen LogP contribution in [0, 0.1) is 0 Å². The van der Waals surface area contributed by atoms with E-state index in [2.05, 4.69) is 12.8 Å². The van der Waals surface area contributed by atoms with Crippen molar-refractivity contribution in [2.45, 2.75) is 12.8 Å². The summed E-state index contributed by atoms with van der Waals surface area (Å²) in [6.07, 6.45) is -4.95. The highest BCUT2D eigenvalue weighted by molar-refractivity contribution is 7.82. The van der Waals surface area contributed by atoms with Crippen LogP contribution in [0.15, 0.2) is 95.4 Å². The maximum atomic E-state index is 13.5. The molecule has 0 radical (unpaired) electrons. The van der Waals surface area contributed by atoms with Gasteiger partial charge in [-0.2, -0.15) is 13.2 Å². The zero-order valence-electron chi connectivity index (χ0n) is 18.5. The van der Waals surface area contributed by atoms with Crippen LogP contribution >= 0.6 is 12.8 Å². The molecule has 10 heteroatoms. The van der Waals surface area contributed by atoms with Gasteiger partial charge in [0.1, 0.15) is 18.1 Å². The molecule has 184 valence electrons. The summed E-state index contributed by atoms with van der Waals surface area (Å²) in [4.78, 5) is 25.3. The molecule has 0 aliphatic carbocycles. The van der Waals surface area contributed by atoms with Crippen LogP contribution in [0.25, 0.3) is 11.3 Å². The van der Waals surface area contributed by atoms with Gasteiger partial charge in [0.15, 0.2) is 0 Å². The van der Waals surface area contributed by atoms with E-state index in [4.69, 9.17) is 9.15 Å². The number of imide groups is 1. The predicted molar refractivity (Wildman–Crippen MR) is 131 cm³/mol. The van der Waals surface area contributed by atoms with Gasteiger partial charge < -0.3 is 9.15 Å². The Bertz CT molecular complexity index is 1360. The fourth-order valence-electron chi connectivity index (χ4n) is 3.30. The molecule has 0 bridgehead atoms. The molecule has 0 saturated carbocycles. The van der Waals surface area contributed by atoms with E-state index in [-0.39, 0.29) is 18.1 Å². The number of hydrogen-bond acceptors (Lipinski definition) is 5. The van der Waals surface area contributed by atoms with Crippen LogP contribution in [0.5, 0.6) is 5.75 Å². The highest BCUT2D eigenvalue weighted by Crippen LogP contribution is 2.37. The van der Waals surface area contributed by atoms with Gasteiger partial charge in [0, 0.05) is 11.6 Å². The second-order valence-electron chi connectivity index (χ2n) is 7.56. The van der Waals surface area contributed by atoms with E-state index >= 15 is 0 Å². The second-order valence-corrected chi connectivity index (χ2v) is 7.96. The molecule has 4 rings (SSSR count). The van der Waals surface area contributed by atoms with Crippen LogP contribution in [0.4, 0.5) is 23.7 Å². The van der Waals surface area contributed by atoms with Gasteiger partial charge in [-0.1, -0.05) is 79.5 Å². The highest BCUT2D eigenvalue weighted by atomic mass is 32.1. The van der Waals surface area contributed by atoms with E-state index in [0.717, 1.165) is 15.9 Å². The molecule has 1 heterocycles. The van der Waals surface area contributed by atoms with Gasteiger partial charge >= 0.3 is 12.2 Å². The molecular weight excluding hydrogens is 493 g/mol. The molecule has 1 N–H and O–H groups in total. The number of carbonyl (C=O) groups excluding carboxylic acids is 2. The predicted octanol–water partition coefficient (Wildman–Crippen LogP) is 6.75. The Hall–Kier alpha value is -4.18. The lowest BCUT2D eigenvalue weighted by Crippen LogP contribution is -2.38. The highest BCUT2D eigenvalue weighted by Gasteiger charge is 2.41. The third kappa shape index (κ3) is 5.89. The number of anilines is 1. The van der Waals surface area contributed by atoms with Crippen LogP contribution in [-0.2, 0) is 12.8 Å². The summed E-state index contributed by atoms with van der Waals surface area (Å²) in [6.45, 7) is 0.284. The molecule has 0 atom stereocenters. The van der Waals surface area contributed by atoms with Crippen molar-refractivity contribution in [3.8, 4) is 17.1 Å². The lowest BCUT2D eigenvalue weighted by atomic mass is 10.1. The molecule has 6 nitrogen and oxygen atoms in total. The Kier molecular flexibility index (Phi) is 7.35. The smallest absolute Gasteiger partial charge is 0.450 e. The minimum absolute atomic E-state index is 0.161. The maximum absolute atomic E-state index is 13.5. The van der Waals surface area contributed by atoms with Crippen LogP contribution in [0.3, 0.4) is 0 Å². The number of nitrogens with zero attached hydrogens (tertiary/aromatic N) is 1. The van der Waals surface area contributed by atoms with Crippen LogP contribution < -0.4 is 14.4 Å². The number of alkyl halides is 3. The molecule has 0 aliphatic heterocycles. The Morgan fingerprint density at radius 1 is 0.917 bits per heavy atom. The average Bonchev–Trinajstić information content (AvgIpc) is 3.35. The third-order valence-electron chi connectivity index (χ3n) is 5.02. The average molecular weight is 513 g/mol. The summed E-state index contributed by atoms with van der Waals surface area (Å²) >= 11 is 4.10. The third-order valence-corrected chi connectivity index (χ3v) is 5.43. The van der Waals surface area contributed by atoms with Crippen molar-refractivity contribution >= 4 is 30.4 Å². The molecule has 1 aromatic heterocycles. The first kappa shape index (κ1) is 24.9. The number of furan rings is 1. The van der Waals surface area contributed by atoms with Gasteiger partial charge in [-0.25, -0.2) is 9.10 Å². The summed E-state index contributed by atoms with van der Waals surface area (Å²) in [5.74, 6) is -2.52. The number of ether oxygens (including phenoxy) is 1. The Morgan fingerprint density at radius 2 is 1.58 bits per heavy atom. The Balaban J connectivity index is 1.49. The van der Waals surface area contributed by atoms with Gasteiger partial charge in [-0.05, 0) is 23.8 Å². The number of amides is 3. The quantitative estimate of drug-likeness (QED) is 0.281. The van der Waals surface area contributed by atoms with E-state index < -0.39 is 29.4 Å². The summed E-state index contributed by atoms with van der Waals surface area (Å²) < 4.78 is 52.1. The molecule has 0 saturated heterocycles. The number of hydrogen-bond donors (Lipinski definition) is 2. The molecule has 3 aromatic carbocycles. The van der Waals surface area contributed by atoms with Gasteiger partial charge in [0.2, 0.25) is 5.76 Å². The van der Waals surface area contributed by atoms with Crippen molar-refractivity contribution in [1.82, 2.24) is 5.32 Å². The lowest BCUT2D eigenvalue weighted by Gasteiger charge is -2.17. The molecule has 0 spiro atoms. The molecule has 3 amide bonds. The van der Waals surface area contributed by atoms with Gasteiger partial charge in [-0.3, -0.25) is 10.1 Å². The van der Waals surface area contributed by atoms with E-state index in [1.807, 2.05) is 35.6 Å². The van der Waals surface area contributed by atoms with Crippen molar-refractivity contribution in [3.63, 3.8) is 0 Å². The Morgan fingerprint density at radius 3 is 2.25 bits per heavy atom. The van der Waals surface area contributed by atoms with Gasteiger partial charge in [0.25, 0.3) is 5.91 Å². The fourth-order valence-corrected chi connectivity index (χ4v) is 3.47. The van der Waals surface area contributed by atoms with Crippen LogP contribution in [0.1, 0.15) is 21.7 Å². The number of halogens is 3. The number of thiol groups is 1. The van der Waals surface area contributed by atoms with Gasteiger partial charge in [0.05, 0.1) is 11.3 Å². The van der Waals surface area contributed by atoms with Crippen LogP contribution in [0.2, 0.25) is 0 Å². The number of urea groups is 1. The standard InChI is InChI=1S/C26H19F3N2O4S/c27-26(28,29)23-21(15-22(35-23)18-10-5-2-6-11-18)24(32)30-25(33)31(36)19-12-7-13-20(14-19)34-16-17-8-3-1-4-9-17/h1-15,36H,16H2,(H,30,32,33). The summed E-state index contributed by atoms with van der Waals surface area (Å²) in [5.41, 5.74) is 0.694. The second kappa shape index (κ2) is 10.6. The van der Waals surface area contributed by atoms with Crippen molar-refractivity contribution in [2.24, 2.45) is 0 Å². The number of benzene rings is 3. The summed E-state index contributed by atoms with van der Waals surface area (Å²) in [7, 11) is 0. The largest absolute Gasteiger partial charge is 0.489 e. The van der Waals surface area contributed by atoms with E-state index in [1.165, 1.54) is 24.3 Å². The molecule has 0 fully saturated rings. The van der Waals surface area contributed by atoms with Crippen molar-refractivity contribution in [2.75, 3.05) is 4.31 Å². The zero-order chi connectivity index (χ0) is 25.7. The number of rotatable bonds is 6. The normalized spacial score (nSPS) is 11.1. The molecule has 0 unspecified atom stereocenters. The summed E-state index contributed by atoms with van der Waals surface area (Å²) in [5, 5.41) is 1.92. The van der Waals surface area contributed by atoms with Crippen molar-refractivity contribution in [3.05, 3.63) is 108 Å². The first-order valence-electron chi connectivity index (χ1n) is 10.6. The van der Waals surface area contributed by atoms with E-state index in [1.54, 1.807) is 30.3 Å². The molecule has 36 heavy (non-hydrogen) atoms. The SMILES string of the molecule is O=C(NC(=O)N(S)c1cccc(OCc2ccccc2)c1)c1cc(-c2ccccc2)oc1C(F)(F)F. The minimum atomic E-state index is -4.95. The van der Waals surface area contributed by atoms with Crippen molar-refractivity contribution in [1.29, 1.82) is 0 Å². The van der Waals surface area contributed by atoms with Gasteiger partial charge in [-0.15, -0.1) is 0 Å². The Labute approximate surface area is 209 Å². The molecule has 0 aliphatic rings. The number of carbonyl (C=O) groups is 2. The lowest BCUT2D eigenvalue weighted by molar-refractivity contribution is -0.153. The molecular formula is C26H19F3N2O4S. The first-order chi connectivity index (χ1) is 17.2. The topological polar surface area (TPSA) is 71.8 Å². The van der Waals surface area contributed by atoms with Crippen molar-refractivity contribution < 1.29 is 31.9 Å². The molecule has 4 aromatic rings. The van der Waals surface area contributed by atoms with E-state index in [9.17, 15) is 22.8 Å². The monoisotopic (exact) mass is 512 g/mol.